The number of anilines is 4. The second-order valence-corrected chi connectivity index (χ2v) is 19.7. The molecule has 520 valence electrons. The smallest absolute Gasteiger partial charge is 0.408 e. The number of rotatable bonds is 43. The Hall–Kier alpha value is -9.10. The predicted octanol–water partition coefficient (Wildman–Crippen LogP) is 0.436. The molecular formula is C61H87N15O19. The quantitative estimate of drug-likeness (QED) is 0.0174. The van der Waals surface area contributed by atoms with Crippen LogP contribution in [0.3, 0.4) is 0 Å². The van der Waals surface area contributed by atoms with E-state index >= 15 is 0 Å². The monoisotopic (exact) mass is 1330 g/mol. The minimum atomic E-state index is -1.06. The number of alkyl carbamates (subject to hydrolysis) is 1. The summed E-state index contributed by atoms with van der Waals surface area (Å²) in [5.41, 5.74) is 7.66. The Bertz CT molecular complexity index is 2880. The summed E-state index contributed by atoms with van der Waals surface area (Å²) in [5.74, 6) is 4.00. The van der Waals surface area contributed by atoms with E-state index in [0.29, 0.717) is 181 Å². The van der Waals surface area contributed by atoms with Crippen molar-refractivity contribution in [2.75, 3.05) is 204 Å². The van der Waals surface area contributed by atoms with Gasteiger partial charge in [0, 0.05) is 152 Å². The number of ether oxygens (including phenoxy) is 11. The molecule has 0 atom stereocenters. The first kappa shape index (κ1) is 78.3. The number of nitrogens with zero attached hydrogens (tertiary/aromatic N) is 12. The zero-order valence-corrected chi connectivity index (χ0v) is 53.6. The third-order valence-electron chi connectivity index (χ3n) is 12.8. The van der Waals surface area contributed by atoms with Crippen molar-refractivity contribution in [2.45, 2.75) is 45.7 Å². The first-order valence-electron chi connectivity index (χ1n) is 30.7. The minimum absolute atomic E-state index is 0.00403. The number of carboxylic acids is 2. The maximum atomic E-state index is 12.1. The standard InChI is InChI=1S/C29H40N8O9.C16H21N7O2.C16H26O8/c1-2-9-46-29(41)30-4-11-43-13-15-45-17-16-44-14-12-42-10-3-25(38)31-18-23-19-32-27(33-20-23)36-5-7-37(8-6-36)28-34-21-24(22-35-28)26(39)40;1-2-25-14(24)13-10-20-16(21-11-13)23-5-3-22(4-6-23)15-18-8-12(7-17)9-19-15;1-2-6-24-16(19)4-3-7-20-9-11-22-13-14-23-12-10-21-8-5-15(17)18/h1,19-22H,3-18H2,(H,30,41)(H,31,38)(H,39,40);8-11H,2-7,17H2,1H3;1H,3-14H2,(H,17,18). The van der Waals surface area contributed by atoms with Crippen LogP contribution >= 0.6 is 0 Å². The molecule has 0 saturated carbocycles. The van der Waals surface area contributed by atoms with Gasteiger partial charge in [-0.1, -0.05) is 11.8 Å². The van der Waals surface area contributed by atoms with Crippen LogP contribution in [0.2, 0.25) is 0 Å². The summed E-state index contributed by atoms with van der Waals surface area (Å²) in [6.07, 6.45) is 23.0. The average Bonchev–Trinajstić information content (AvgIpc) is 0.901. The Morgan fingerprint density at radius 3 is 1.26 bits per heavy atom. The highest BCUT2D eigenvalue weighted by atomic mass is 16.6. The Labute approximate surface area is 551 Å². The van der Waals surface area contributed by atoms with Crippen LogP contribution in [0.4, 0.5) is 28.6 Å². The first-order valence-corrected chi connectivity index (χ1v) is 30.7. The van der Waals surface area contributed by atoms with E-state index in [1.165, 1.54) is 24.8 Å². The van der Waals surface area contributed by atoms with Crippen molar-refractivity contribution in [3.63, 3.8) is 0 Å². The fourth-order valence-electron chi connectivity index (χ4n) is 7.86. The number of carbonyl (C=O) groups excluding carboxylic acids is 4. The van der Waals surface area contributed by atoms with Gasteiger partial charge in [0.1, 0.15) is 0 Å². The largest absolute Gasteiger partial charge is 0.481 e. The summed E-state index contributed by atoms with van der Waals surface area (Å²) < 4.78 is 56.8. The van der Waals surface area contributed by atoms with E-state index in [0.717, 1.165) is 37.3 Å². The van der Waals surface area contributed by atoms with Crippen LogP contribution in [0.25, 0.3) is 0 Å². The molecule has 2 aliphatic heterocycles. The van der Waals surface area contributed by atoms with Crippen molar-refractivity contribution in [1.82, 2.24) is 50.5 Å². The number of amides is 2. The summed E-state index contributed by atoms with van der Waals surface area (Å²) in [6.45, 7) is 14.8. The Balaban J connectivity index is 0.000000331. The van der Waals surface area contributed by atoms with Gasteiger partial charge in [0.25, 0.3) is 0 Å². The lowest BCUT2D eigenvalue weighted by molar-refractivity contribution is -0.142. The van der Waals surface area contributed by atoms with E-state index in [9.17, 15) is 28.8 Å². The number of hydrogen-bond acceptors (Lipinski definition) is 30. The number of nitrogens with two attached hydrogens (primary N) is 1. The second-order valence-electron chi connectivity index (χ2n) is 19.7. The van der Waals surface area contributed by atoms with Crippen LogP contribution in [0.5, 0.6) is 0 Å². The molecule has 4 aromatic heterocycles. The Morgan fingerprint density at radius 1 is 0.474 bits per heavy atom. The molecule has 0 aromatic carbocycles. The van der Waals surface area contributed by atoms with Gasteiger partial charge in [-0.3, -0.25) is 14.4 Å². The highest BCUT2D eigenvalue weighted by molar-refractivity contribution is 5.88. The number of hydrogen-bond donors (Lipinski definition) is 5. The highest BCUT2D eigenvalue weighted by Gasteiger charge is 2.23. The van der Waals surface area contributed by atoms with E-state index in [1.807, 2.05) is 9.80 Å². The molecule has 0 spiro atoms. The molecule has 2 saturated heterocycles. The molecule has 0 radical (unpaired) electrons. The number of terminal acetylenes is 2. The summed E-state index contributed by atoms with van der Waals surface area (Å²) in [4.78, 5) is 110. The number of aromatic nitrogens is 8. The van der Waals surface area contributed by atoms with E-state index in [-0.39, 0.29) is 63.1 Å². The molecule has 6 heterocycles. The topological polar surface area (TPSA) is 411 Å². The molecule has 4 aromatic rings. The molecule has 2 fully saturated rings. The fourth-order valence-corrected chi connectivity index (χ4v) is 7.86. The normalized spacial score (nSPS) is 12.6. The Morgan fingerprint density at radius 2 is 0.853 bits per heavy atom. The van der Waals surface area contributed by atoms with Crippen LogP contribution in [-0.4, -0.2) is 270 Å². The van der Waals surface area contributed by atoms with Crippen molar-refractivity contribution in [3.8, 4) is 24.7 Å². The molecule has 2 amide bonds. The van der Waals surface area contributed by atoms with Crippen LogP contribution in [0.1, 0.15) is 64.4 Å². The van der Waals surface area contributed by atoms with Gasteiger partial charge in [-0.05, 0) is 13.3 Å². The number of carbonyl (C=O) groups is 6. The van der Waals surface area contributed by atoms with Crippen molar-refractivity contribution in [3.05, 3.63) is 71.8 Å². The van der Waals surface area contributed by atoms with E-state index in [1.54, 1.807) is 31.7 Å². The number of nitrogens with one attached hydrogen (secondary N) is 2. The molecule has 0 aliphatic carbocycles. The maximum absolute atomic E-state index is 12.1. The number of aliphatic carboxylic acids is 1. The van der Waals surface area contributed by atoms with Crippen LogP contribution in [0.15, 0.2) is 49.6 Å². The van der Waals surface area contributed by atoms with Crippen LogP contribution in [-0.2, 0) is 79.6 Å². The zero-order chi connectivity index (χ0) is 68.4. The minimum Gasteiger partial charge on any atom is -0.481 e. The highest BCUT2D eigenvalue weighted by Crippen LogP contribution is 2.17. The third kappa shape index (κ3) is 35.1. The molecule has 6 N–H and O–H groups in total. The molecule has 0 bridgehead atoms. The van der Waals surface area contributed by atoms with E-state index < -0.39 is 24.0 Å². The summed E-state index contributed by atoms with van der Waals surface area (Å²) >= 11 is 0. The van der Waals surface area contributed by atoms with Gasteiger partial charge in [-0.2, -0.15) is 0 Å². The molecule has 6 rings (SSSR count). The van der Waals surface area contributed by atoms with Gasteiger partial charge in [-0.15, -0.1) is 12.8 Å². The fraction of sp³-hybridized carbons (Fsp3) is 0.574. The van der Waals surface area contributed by atoms with Gasteiger partial charge in [0.15, 0.2) is 13.2 Å². The van der Waals surface area contributed by atoms with Crippen LogP contribution < -0.4 is 36.0 Å². The molecule has 0 unspecified atom stereocenters. The molecule has 95 heavy (non-hydrogen) atoms. The number of aromatic carboxylic acids is 1. The molecule has 34 nitrogen and oxygen atoms in total. The lowest BCUT2D eigenvalue weighted by Gasteiger charge is -2.34. The average molecular weight is 1330 g/mol. The van der Waals surface area contributed by atoms with Crippen molar-refractivity contribution >= 4 is 59.7 Å². The van der Waals surface area contributed by atoms with Crippen molar-refractivity contribution < 1.29 is 91.1 Å². The van der Waals surface area contributed by atoms with Crippen molar-refractivity contribution in [2.24, 2.45) is 5.73 Å². The van der Waals surface area contributed by atoms with Gasteiger partial charge < -0.3 is 98.3 Å². The second kappa shape index (κ2) is 49.5. The summed E-state index contributed by atoms with van der Waals surface area (Å²) in [6, 6.07) is 0. The molecule has 2 aliphatic rings. The molecule has 34 heteroatoms. The van der Waals surface area contributed by atoms with Crippen LogP contribution in [0, 0.1) is 24.7 Å². The lowest BCUT2D eigenvalue weighted by atomic mass is 10.3. The van der Waals surface area contributed by atoms with Gasteiger partial charge in [-0.25, -0.2) is 54.3 Å². The predicted molar refractivity (Wildman–Crippen MR) is 340 cm³/mol. The van der Waals surface area contributed by atoms with Gasteiger partial charge in [0.05, 0.1) is 123 Å². The summed E-state index contributed by atoms with van der Waals surface area (Å²) in [7, 11) is 0. The number of carboxylic acid groups (broad SMARTS) is 2. The zero-order valence-electron chi connectivity index (χ0n) is 53.6. The van der Waals surface area contributed by atoms with Gasteiger partial charge >= 0.3 is 30.0 Å². The lowest BCUT2D eigenvalue weighted by Crippen LogP contribution is -2.47. The van der Waals surface area contributed by atoms with Crippen molar-refractivity contribution in [1.29, 1.82) is 0 Å². The summed E-state index contributed by atoms with van der Waals surface area (Å²) in [5, 5.41) is 22.7. The van der Waals surface area contributed by atoms with Gasteiger partial charge in [0.2, 0.25) is 29.7 Å². The van der Waals surface area contributed by atoms with E-state index in [2.05, 4.69) is 76.9 Å². The first-order chi connectivity index (χ1) is 46.3. The number of esters is 2. The molecular weight excluding hydrogens is 1250 g/mol. The third-order valence-corrected chi connectivity index (χ3v) is 12.8. The SMILES string of the molecule is C#CCOC(=O)CCCOCCOCCOCCOCCC(=O)O.C#CCOC(=O)NCCOCCOCCOCCOCCC(=O)NCc1cnc(N2CCN(c3ncc(C(=O)O)cn3)CC2)nc1.CCOC(=O)c1cnc(N2CCN(c3ncc(CN)cn3)CC2)nc1. The maximum Gasteiger partial charge on any atom is 0.408 e. The van der Waals surface area contributed by atoms with E-state index in [4.69, 9.17) is 76.2 Å². The number of piperazine rings is 2. The Kier molecular flexibility index (Phi) is 40.8.